The molecule has 1 fully saturated rings. The number of quaternary nitrogens is 1. The van der Waals surface area contributed by atoms with Crippen molar-refractivity contribution in [2.45, 2.75) is 19.3 Å². The van der Waals surface area contributed by atoms with Gasteiger partial charge in [0.1, 0.15) is 5.75 Å². The number of nitrogens with one attached hydrogen (secondary N) is 2. The second-order valence-electron chi connectivity index (χ2n) is 5.02. The van der Waals surface area contributed by atoms with Crippen molar-refractivity contribution in [3.63, 3.8) is 0 Å². The Morgan fingerprint density at radius 1 is 1.35 bits per heavy atom. The van der Waals surface area contributed by atoms with Crippen LogP contribution in [0.25, 0.3) is 0 Å². The topological polar surface area (TPSA) is 55.1 Å². The molecule has 1 aliphatic heterocycles. The van der Waals surface area contributed by atoms with E-state index in [1.807, 2.05) is 24.3 Å². The highest BCUT2D eigenvalue weighted by atomic mass is 16.5. The number of rotatable bonds is 5. The van der Waals surface area contributed by atoms with Gasteiger partial charge in [-0.1, -0.05) is 12.1 Å². The monoisotopic (exact) mass is 276 g/mol. The number of para-hydroxylation sites is 1. The van der Waals surface area contributed by atoms with E-state index < -0.39 is 0 Å². The summed E-state index contributed by atoms with van der Waals surface area (Å²) in [6, 6.07) is 7.56. The molecule has 0 spiro atoms. The van der Waals surface area contributed by atoms with Crippen LogP contribution in [0, 0.1) is 0 Å². The summed E-state index contributed by atoms with van der Waals surface area (Å²) in [5.74, 6) is 0.709. The number of amides is 1. The van der Waals surface area contributed by atoms with Crippen molar-refractivity contribution in [3.05, 3.63) is 29.8 Å². The normalized spacial score (nSPS) is 16.2. The van der Waals surface area contributed by atoms with Crippen LogP contribution in [-0.2, 0) is 4.79 Å². The van der Waals surface area contributed by atoms with E-state index in [0.717, 1.165) is 24.4 Å². The number of hydrazone groups is 1. The molecule has 1 aromatic rings. The summed E-state index contributed by atoms with van der Waals surface area (Å²) in [4.78, 5) is 13.1. The van der Waals surface area contributed by atoms with Gasteiger partial charge in [-0.3, -0.25) is 4.79 Å². The molecule has 1 heterocycles. The second kappa shape index (κ2) is 7.65. The van der Waals surface area contributed by atoms with Gasteiger partial charge in [0.2, 0.25) is 0 Å². The van der Waals surface area contributed by atoms with Crippen LogP contribution in [0.1, 0.15) is 24.8 Å². The average molecular weight is 276 g/mol. The SMILES string of the molecule is COc1ccccc1C=NNC(=O)C[NH+]1CCCCC1. The summed E-state index contributed by atoms with van der Waals surface area (Å²) in [5.41, 5.74) is 3.43. The summed E-state index contributed by atoms with van der Waals surface area (Å²) >= 11 is 0. The number of nitrogens with zero attached hydrogens (tertiary/aromatic N) is 1. The maximum absolute atomic E-state index is 11.8. The molecule has 20 heavy (non-hydrogen) atoms. The van der Waals surface area contributed by atoms with Crippen molar-refractivity contribution < 1.29 is 14.4 Å². The van der Waals surface area contributed by atoms with Crippen LogP contribution in [0.5, 0.6) is 5.75 Å². The van der Waals surface area contributed by atoms with Crippen molar-refractivity contribution in [1.29, 1.82) is 0 Å². The fourth-order valence-electron chi connectivity index (χ4n) is 2.44. The smallest absolute Gasteiger partial charge is 0.295 e. The molecule has 0 unspecified atom stereocenters. The van der Waals surface area contributed by atoms with Crippen molar-refractivity contribution in [2.24, 2.45) is 5.10 Å². The number of piperidine rings is 1. The number of hydrogen-bond donors (Lipinski definition) is 2. The minimum atomic E-state index is -0.0342. The number of carbonyl (C=O) groups excluding carboxylic acids is 1. The second-order valence-corrected chi connectivity index (χ2v) is 5.02. The lowest BCUT2D eigenvalue weighted by Crippen LogP contribution is -3.13. The fraction of sp³-hybridized carbons (Fsp3) is 0.467. The van der Waals surface area contributed by atoms with Crippen LogP contribution in [0.3, 0.4) is 0 Å². The zero-order valence-electron chi connectivity index (χ0n) is 11.9. The molecular weight excluding hydrogens is 254 g/mol. The van der Waals surface area contributed by atoms with Crippen LogP contribution in [0.2, 0.25) is 0 Å². The van der Waals surface area contributed by atoms with E-state index in [-0.39, 0.29) is 5.91 Å². The summed E-state index contributed by atoms with van der Waals surface area (Å²) < 4.78 is 5.22. The molecule has 0 saturated carbocycles. The molecule has 5 nitrogen and oxygen atoms in total. The maximum Gasteiger partial charge on any atom is 0.295 e. The number of benzene rings is 1. The van der Waals surface area contributed by atoms with Gasteiger partial charge in [0.15, 0.2) is 6.54 Å². The van der Waals surface area contributed by atoms with E-state index in [1.165, 1.54) is 24.2 Å². The molecule has 0 atom stereocenters. The Balaban J connectivity index is 1.81. The van der Waals surface area contributed by atoms with Gasteiger partial charge >= 0.3 is 0 Å². The minimum Gasteiger partial charge on any atom is -0.496 e. The number of hydrogen-bond acceptors (Lipinski definition) is 3. The Bertz CT molecular complexity index is 468. The van der Waals surface area contributed by atoms with Crippen molar-refractivity contribution in [1.82, 2.24) is 5.43 Å². The molecule has 0 radical (unpaired) electrons. The summed E-state index contributed by atoms with van der Waals surface area (Å²) in [5, 5.41) is 4.00. The van der Waals surface area contributed by atoms with E-state index >= 15 is 0 Å². The van der Waals surface area contributed by atoms with Gasteiger partial charge in [-0.2, -0.15) is 5.10 Å². The zero-order valence-corrected chi connectivity index (χ0v) is 11.9. The van der Waals surface area contributed by atoms with Crippen molar-refractivity contribution in [3.8, 4) is 5.75 Å². The van der Waals surface area contributed by atoms with Crippen LogP contribution in [0.15, 0.2) is 29.4 Å². The number of ether oxygens (including phenoxy) is 1. The zero-order chi connectivity index (χ0) is 14.2. The van der Waals surface area contributed by atoms with E-state index in [0.29, 0.717) is 6.54 Å². The summed E-state index contributed by atoms with van der Waals surface area (Å²) in [6.07, 6.45) is 5.33. The van der Waals surface area contributed by atoms with E-state index in [9.17, 15) is 4.79 Å². The van der Waals surface area contributed by atoms with Crippen LogP contribution in [-0.4, -0.2) is 38.9 Å². The number of carbonyl (C=O) groups is 1. The Morgan fingerprint density at radius 3 is 2.85 bits per heavy atom. The van der Waals surface area contributed by atoms with Crippen molar-refractivity contribution in [2.75, 3.05) is 26.7 Å². The molecular formula is C15H22N3O2+. The van der Waals surface area contributed by atoms with Gasteiger partial charge in [-0.25, -0.2) is 5.43 Å². The molecule has 1 amide bonds. The van der Waals surface area contributed by atoms with Gasteiger partial charge in [0, 0.05) is 5.56 Å². The predicted octanol–water partition coefficient (Wildman–Crippen LogP) is 0.214. The molecule has 1 aliphatic rings. The predicted molar refractivity (Wildman–Crippen MR) is 78.1 cm³/mol. The van der Waals surface area contributed by atoms with Gasteiger partial charge < -0.3 is 9.64 Å². The third kappa shape index (κ3) is 4.35. The minimum absolute atomic E-state index is 0.0342. The fourth-order valence-corrected chi connectivity index (χ4v) is 2.44. The summed E-state index contributed by atoms with van der Waals surface area (Å²) in [7, 11) is 1.62. The highest BCUT2D eigenvalue weighted by molar-refractivity contribution is 5.85. The van der Waals surface area contributed by atoms with Gasteiger partial charge in [-0.05, 0) is 31.4 Å². The largest absolute Gasteiger partial charge is 0.496 e. The Labute approximate surface area is 119 Å². The molecule has 0 aliphatic carbocycles. The molecule has 0 bridgehead atoms. The first-order valence-electron chi connectivity index (χ1n) is 7.08. The standard InChI is InChI=1S/C15H21N3O2/c1-20-14-8-4-3-7-13(14)11-16-17-15(19)12-18-9-5-2-6-10-18/h3-4,7-8,11H,2,5-6,9-10,12H2,1H3,(H,17,19)/p+1. The first-order valence-corrected chi connectivity index (χ1v) is 7.08. The molecule has 5 heteroatoms. The first kappa shape index (κ1) is 14.5. The molecule has 0 aromatic heterocycles. The lowest BCUT2D eigenvalue weighted by atomic mass is 10.1. The maximum atomic E-state index is 11.8. The van der Waals surface area contributed by atoms with Gasteiger partial charge in [0.25, 0.3) is 5.91 Å². The number of methoxy groups -OCH3 is 1. The molecule has 2 N–H and O–H groups in total. The average Bonchev–Trinajstić information content (AvgIpc) is 2.49. The van der Waals surface area contributed by atoms with Gasteiger partial charge in [-0.15, -0.1) is 0 Å². The van der Waals surface area contributed by atoms with Crippen LogP contribution < -0.4 is 15.1 Å². The Morgan fingerprint density at radius 2 is 2.10 bits per heavy atom. The lowest BCUT2D eigenvalue weighted by molar-refractivity contribution is -0.896. The van der Waals surface area contributed by atoms with E-state index in [1.54, 1.807) is 13.3 Å². The Kier molecular flexibility index (Phi) is 5.55. The molecule has 108 valence electrons. The molecule has 1 saturated heterocycles. The highest BCUT2D eigenvalue weighted by Crippen LogP contribution is 2.14. The van der Waals surface area contributed by atoms with Crippen molar-refractivity contribution >= 4 is 12.1 Å². The first-order chi connectivity index (χ1) is 9.79. The summed E-state index contributed by atoms with van der Waals surface area (Å²) in [6.45, 7) is 2.68. The van der Waals surface area contributed by atoms with Crippen LogP contribution >= 0.6 is 0 Å². The third-order valence-electron chi connectivity index (χ3n) is 3.50. The Hall–Kier alpha value is -1.88. The van der Waals surface area contributed by atoms with E-state index in [4.69, 9.17) is 4.74 Å². The third-order valence-corrected chi connectivity index (χ3v) is 3.50. The van der Waals surface area contributed by atoms with Crippen LogP contribution in [0.4, 0.5) is 0 Å². The lowest BCUT2D eigenvalue weighted by Gasteiger charge is -2.22. The number of likely N-dealkylation sites (tertiary alicyclic amines) is 1. The highest BCUT2D eigenvalue weighted by Gasteiger charge is 2.16. The molecule has 2 rings (SSSR count). The quantitative estimate of drug-likeness (QED) is 0.597. The van der Waals surface area contributed by atoms with E-state index in [2.05, 4.69) is 10.5 Å². The molecule has 1 aromatic carbocycles. The van der Waals surface area contributed by atoms with Gasteiger partial charge in [0.05, 0.1) is 26.4 Å².